The topological polar surface area (TPSA) is 58.2 Å². The molecular weight excluding hydrogens is 390 g/mol. The van der Waals surface area contributed by atoms with Gasteiger partial charge in [-0.05, 0) is 24.3 Å². The fraction of sp³-hybridized carbons (Fsp3) is 0.111. The number of anilines is 2. The lowest BCUT2D eigenvalue weighted by Crippen LogP contribution is -2.17. The molecule has 0 aliphatic rings. The second-order valence-electron chi connectivity index (χ2n) is 5.40. The van der Waals surface area contributed by atoms with Crippen LogP contribution in [0.3, 0.4) is 0 Å². The zero-order valence-electron chi connectivity index (χ0n) is 13.9. The van der Waals surface area contributed by atoms with Gasteiger partial charge in [0.05, 0.1) is 22.5 Å². The van der Waals surface area contributed by atoms with Crippen molar-refractivity contribution in [1.82, 2.24) is 0 Å². The van der Waals surface area contributed by atoms with Crippen LogP contribution in [0.15, 0.2) is 60.7 Å². The Bertz CT molecular complexity index is 830. The summed E-state index contributed by atoms with van der Waals surface area (Å²) in [6.45, 7) is 0. The number of rotatable bonds is 4. The molecule has 2 aromatic rings. The first-order chi connectivity index (χ1) is 13.0. The molecule has 28 heavy (non-hydrogen) atoms. The van der Waals surface area contributed by atoms with Gasteiger partial charge in [-0.25, -0.2) is 0 Å². The maximum absolute atomic E-state index is 12.9. The molecule has 4 nitrogen and oxygen atoms in total. The summed E-state index contributed by atoms with van der Waals surface area (Å²) < 4.78 is 77.2. The molecule has 0 aliphatic carbocycles. The van der Waals surface area contributed by atoms with E-state index in [0.717, 1.165) is 36.4 Å². The van der Waals surface area contributed by atoms with Gasteiger partial charge in [0.15, 0.2) is 0 Å². The number of carbonyl (C=O) groups is 2. The Labute approximate surface area is 154 Å². The number of hydrogen-bond acceptors (Lipinski definition) is 2. The Hall–Kier alpha value is -3.30. The van der Waals surface area contributed by atoms with Crippen LogP contribution in [0.25, 0.3) is 0 Å². The van der Waals surface area contributed by atoms with E-state index in [4.69, 9.17) is 0 Å². The van der Waals surface area contributed by atoms with E-state index in [2.05, 4.69) is 0 Å². The largest absolute Gasteiger partial charge is 0.418 e. The number of carbonyl (C=O) groups excluding carboxylic acids is 2. The zero-order valence-corrected chi connectivity index (χ0v) is 13.9. The minimum Gasteiger partial charge on any atom is -0.322 e. The fourth-order valence-corrected chi connectivity index (χ4v) is 2.18. The summed E-state index contributed by atoms with van der Waals surface area (Å²) in [5.41, 5.74) is -3.21. The molecule has 0 aliphatic heterocycles. The molecule has 0 saturated carbocycles. The Morgan fingerprint density at radius 1 is 0.643 bits per heavy atom. The van der Waals surface area contributed by atoms with Crippen molar-refractivity contribution >= 4 is 23.2 Å². The van der Waals surface area contributed by atoms with Crippen molar-refractivity contribution in [1.29, 1.82) is 0 Å². The summed E-state index contributed by atoms with van der Waals surface area (Å²) >= 11 is 0. The van der Waals surface area contributed by atoms with Crippen molar-refractivity contribution < 1.29 is 35.9 Å². The van der Waals surface area contributed by atoms with Gasteiger partial charge in [-0.15, -0.1) is 0 Å². The second kappa shape index (κ2) is 8.15. The predicted molar refractivity (Wildman–Crippen MR) is 89.3 cm³/mol. The van der Waals surface area contributed by atoms with Gasteiger partial charge in [0, 0.05) is 12.2 Å². The maximum atomic E-state index is 12.9. The van der Waals surface area contributed by atoms with Crippen molar-refractivity contribution in [2.24, 2.45) is 0 Å². The summed E-state index contributed by atoms with van der Waals surface area (Å²) in [5.74, 6) is -2.12. The van der Waals surface area contributed by atoms with Gasteiger partial charge in [0.2, 0.25) is 11.8 Å². The first-order valence-electron chi connectivity index (χ1n) is 7.61. The van der Waals surface area contributed by atoms with Gasteiger partial charge < -0.3 is 10.6 Å². The van der Waals surface area contributed by atoms with E-state index in [-0.39, 0.29) is 0 Å². The molecule has 0 unspecified atom stereocenters. The fourth-order valence-electron chi connectivity index (χ4n) is 2.18. The summed E-state index contributed by atoms with van der Waals surface area (Å²) in [5, 5.41) is 3.93. The molecule has 0 fully saturated rings. The molecule has 0 heterocycles. The third-order valence-electron chi connectivity index (χ3n) is 3.37. The van der Waals surface area contributed by atoms with Crippen LogP contribution in [0.4, 0.5) is 37.7 Å². The van der Waals surface area contributed by atoms with E-state index >= 15 is 0 Å². The Balaban J connectivity index is 2.08. The Morgan fingerprint density at radius 3 is 1.29 bits per heavy atom. The van der Waals surface area contributed by atoms with Gasteiger partial charge in [0.25, 0.3) is 0 Å². The number of para-hydroxylation sites is 2. The zero-order chi connectivity index (χ0) is 20.9. The molecule has 0 saturated heterocycles. The van der Waals surface area contributed by atoms with E-state index in [9.17, 15) is 35.9 Å². The second-order valence-corrected chi connectivity index (χ2v) is 5.40. The molecular formula is C18H12F6N2O2. The predicted octanol–water partition coefficient (Wildman–Crippen LogP) is 4.86. The molecule has 0 spiro atoms. The van der Waals surface area contributed by atoms with Gasteiger partial charge in [-0.1, -0.05) is 24.3 Å². The highest BCUT2D eigenvalue weighted by atomic mass is 19.4. The quantitative estimate of drug-likeness (QED) is 0.567. The highest BCUT2D eigenvalue weighted by Gasteiger charge is 2.34. The number of alkyl halides is 6. The third kappa shape index (κ3) is 5.60. The van der Waals surface area contributed by atoms with Crippen molar-refractivity contribution in [2.45, 2.75) is 12.4 Å². The van der Waals surface area contributed by atoms with Crippen molar-refractivity contribution in [3.05, 3.63) is 71.8 Å². The van der Waals surface area contributed by atoms with E-state index in [1.807, 2.05) is 10.6 Å². The molecule has 2 rings (SSSR count). The van der Waals surface area contributed by atoms with Crippen LogP contribution >= 0.6 is 0 Å². The number of amides is 2. The monoisotopic (exact) mass is 402 g/mol. The highest BCUT2D eigenvalue weighted by molar-refractivity contribution is 6.07. The molecule has 2 amide bonds. The molecule has 0 atom stereocenters. The van der Waals surface area contributed by atoms with Crippen LogP contribution < -0.4 is 10.6 Å². The molecule has 0 aromatic heterocycles. The maximum Gasteiger partial charge on any atom is 0.418 e. The van der Waals surface area contributed by atoms with Gasteiger partial charge >= 0.3 is 12.4 Å². The average molecular weight is 402 g/mol. The number of benzene rings is 2. The van der Waals surface area contributed by atoms with Crippen LogP contribution in [0.5, 0.6) is 0 Å². The van der Waals surface area contributed by atoms with Crippen LogP contribution in [0, 0.1) is 0 Å². The highest BCUT2D eigenvalue weighted by Crippen LogP contribution is 2.35. The lowest BCUT2D eigenvalue weighted by atomic mass is 10.1. The molecule has 10 heteroatoms. The molecule has 0 bridgehead atoms. The van der Waals surface area contributed by atoms with Crippen LogP contribution in [-0.2, 0) is 21.9 Å². The molecule has 0 radical (unpaired) electrons. The standard InChI is InChI=1S/C18H12F6N2O2/c19-17(20,21)11-5-1-3-7-13(11)25-15(27)9-10-16(28)26-14-8-4-2-6-12(14)18(22,23)24/h1-10H,(H,25,27)(H,26,28). The first-order valence-corrected chi connectivity index (χ1v) is 7.61. The van der Waals surface area contributed by atoms with E-state index in [1.165, 1.54) is 12.1 Å². The lowest BCUT2D eigenvalue weighted by molar-refractivity contribution is -0.137. The van der Waals surface area contributed by atoms with Crippen LogP contribution in [0.1, 0.15) is 11.1 Å². The van der Waals surface area contributed by atoms with Crippen molar-refractivity contribution in [2.75, 3.05) is 10.6 Å². The van der Waals surface area contributed by atoms with E-state index in [0.29, 0.717) is 12.2 Å². The summed E-state index contributed by atoms with van der Waals surface area (Å²) in [6.07, 6.45) is -8.18. The normalized spacial score (nSPS) is 12.1. The summed E-state index contributed by atoms with van der Waals surface area (Å²) in [4.78, 5) is 23.5. The third-order valence-corrected chi connectivity index (χ3v) is 3.37. The minimum absolute atomic E-state index is 0.521. The number of nitrogens with one attached hydrogen (secondary N) is 2. The Morgan fingerprint density at radius 2 is 0.964 bits per heavy atom. The van der Waals surface area contributed by atoms with Crippen LogP contribution in [-0.4, -0.2) is 11.8 Å². The smallest absolute Gasteiger partial charge is 0.322 e. The van der Waals surface area contributed by atoms with E-state index in [1.54, 1.807) is 0 Å². The SMILES string of the molecule is O=C(C=CC(=O)Nc1ccccc1C(F)(F)F)Nc1ccccc1C(F)(F)F. The van der Waals surface area contributed by atoms with Gasteiger partial charge in [-0.2, -0.15) is 26.3 Å². The van der Waals surface area contributed by atoms with Gasteiger partial charge in [0.1, 0.15) is 0 Å². The average Bonchev–Trinajstić information content (AvgIpc) is 2.59. The lowest BCUT2D eigenvalue weighted by Gasteiger charge is -2.13. The van der Waals surface area contributed by atoms with E-state index < -0.39 is 46.7 Å². The van der Waals surface area contributed by atoms with Crippen LogP contribution in [0.2, 0.25) is 0 Å². The van der Waals surface area contributed by atoms with Crippen molar-refractivity contribution in [3.8, 4) is 0 Å². The molecule has 2 aromatic carbocycles. The van der Waals surface area contributed by atoms with Crippen molar-refractivity contribution in [3.63, 3.8) is 0 Å². The minimum atomic E-state index is -4.70. The summed E-state index contributed by atoms with van der Waals surface area (Å²) in [7, 11) is 0. The summed E-state index contributed by atoms with van der Waals surface area (Å²) in [6, 6.07) is 8.40. The molecule has 2 N–H and O–H groups in total. The number of halogens is 6. The first kappa shape index (κ1) is 21.0. The molecule has 148 valence electrons. The number of hydrogen-bond donors (Lipinski definition) is 2. The Kier molecular flexibility index (Phi) is 6.12. The van der Waals surface area contributed by atoms with Gasteiger partial charge in [-0.3, -0.25) is 9.59 Å².